The molecule has 0 bridgehead atoms. The van der Waals surface area contributed by atoms with Gasteiger partial charge in [0, 0.05) is 23.0 Å². The van der Waals surface area contributed by atoms with Gasteiger partial charge in [0.1, 0.15) is 6.61 Å². The van der Waals surface area contributed by atoms with Crippen LogP contribution < -0.4 is 0 Å². The van der Waals surface area contributed by atoms with Gasteiger partial charge in [0.05, 0.1) is 5.56 Å². The van der Waals surface area contributed by atoms with Crippen molar-refractivity contribution in [3.63, 3.8) is 0 Å². The van der Waals surface area contributed by atoms with E-state index in [2.05, 4.69) is 9.97 Å². The van der Waals surface area contributed by atoms with Gasteiger partial charge < -0.3 is 4.74 Å². The molecule has 0 spiro atoms. The number of carbonyl (C=O) groups is 1. The van der Waals surface area contributed by atoms with Crippen LogP contribution in [0.2, 0.25) is 5.02 Å². The number of ether oxygens (including phenoxy) is 1. The number of benzene rings is 2. The highest BCUT2D eigenvalue weighted by molar-refractivity contribution is 6.30. The van der Waals surface area contributed by atoms with Crippen molar-refractivity contribution in [1.82, 2.24) is 9.97 Å². The fourth-order valence-electron chi connectivity index (χ4n) is 1.98. The number of esters is 1. The summed E-state index contributed by atoms with van der Waals surface area (Å²) in [7, 11) is 0. The van der Waals surface area contributed by atoms with E-state index in [0.29, 0.717) is 16.4 Å². The van der Waals surface area contributed by atoms with E-state index in [1.807, 2.05) is 42.5 Å². The van der Waals surface area contributed by atoms with Gasteiger partial charge in [-0.25, -0.2) is 14.8 Å². The Morgan fingerprint density at radius 1 is 0.957 bits per heavy atom. The normalized spacial score (nSPS) is 10.3. The quantitative estimate of drug-likeness (QED) is 0.676. The SMILES string of the molecule is O=C(OCc1ccc(Cl)cc1)c1cnc(-c2ccccc2)nc1. The minimum atomic E-state index is -0.459. The number of nitrogens with zero attached hydrogens (tertiary/aromatic N) is 2. The summed E-state index contributed by atoms with van der Waals surface area (Å²) in [5, 5.41) is 0.643. The highest BCUT2D eigenvalue weighted by Gasteiger charge is 2.09. The maximum atomic E-state index is 12.0. The Kier molecular flexibility index (Phi) is 4.64. The molecule has 0 atom stereocenters. The Morgan fingerprint density at radius 2 is 1.61 bits per heavy atom. The molecule has 0 aliphatic rings. The smallest absolute Gasteiger partial charge is 0.341 e. The zero-order valence-electron chi connectivity index (χ0n) is 12.1. The minimum absolute atomic E-state index is 0.177. The van der Waals surface area contributed by atoms with Crippen molar-refractivity contribution in [3.05, 3.63) is 83.1 Å². The molecule has 0 amide bonds. The molecule has 0 aliphatic carbocycles. The molecule has 0 aliphatic heterocycles. The Morgan fingerprint density at radius 3 is 2.26 bits per heavy atom. The Bertz CT molecular complexity index is 788. The van der Waals surface area contributed by atoms with Crippen molar-refractivity contribution in [2.24, 2.45) is 0 Å². The first-order valence-corrected chi connectivity index (χ1v) is 7.39. The molecule has 0 fully saturated rings. The molecule has 3 rings (SSSR count). The van der Waals surface area contributed by atoms with Crippen LogP contribution in [0.15, 0.2) is 67.0 Å². The number of aromatic nitrogens is 2. The molecule has 1 heterocycles. The molecule has 0 saturated heterocycles. The number of hydrogen-bond donors (Lipinski definition) is 0. The lowest BCUT2D eigenvalue weighted by Crippen LogP contribution is -2.06. The van der Waals surface area contributed by atoms with Crippen LogP contribution in [0.5, 0.6) is 0 Å². The van der Waals surface area contributed by atoms with Crippen LogP contribution in [0.1, 0.15) is 15.9 Å². The lowest BCUT2D eigenvalue weighted by atomic mass is 10.2. The largest absolute Gasteiger partial charge is 0.457 e. The fraction of sp³-hybridized carbons (Fsp3) is 0.0556. The Hall–Kier alpha value is -2.72. The van der Waals surface area contributed by atoms with E-state index >= 15 is 0 Å². The molecule has 1 aromatic heterocycles. The third kappa shape index (κ3) is 3.93. The maximum absolute atomic E-state index is 12.0. The van der Waals surface area contributed by atoms with Gasteiger partial charge in [0.2, 0.25) is 0 Å². The second-order valence-electron chi connectivity index (χ2n) is 4.86. The predicted octanol–water partition coefficient (Wildman–Crippen LogP) is 4.15. The highest BCUT2D eigenvalue weighted by Crippen LogP contribution is 2.14. The molecular weight excluding hydrogens is 312 g/mol. The van der Waals surface area contributed by atoms with Crippen LogP contribution in [0.3, 0.4) is 0 Å². The third-order valence-electron chi connectivity index (χ3n) is 3.20. The first-order valence-electron chi connectivity index (χ1n) is 7.01. The topological polar surface area (TPSA) is 52.1 Å². The summed E-state index contributed by atoms with van der Waals surface area (Å²) in [5.41, 5.74) is 2.08. The number of halogens is 1. The second-order valence-corrected chi connectivity index (χ2v) is 5.30. The average Bonchev–Trinajstić information content (AvgIpc) is 2.62. The van der Waals surface area contributed by atoms with E-state index in [0.717, 1.165) is 11.1 Å². The van der Waals surface area contributed by atoms with Crippen molar-refractivity contribution < 1.29 is 9.53 Å². The van der Waals surface area contributed by atoms with Gasteiger partial charge in [0.15, 0.2) is 5.82 Å². The molecule has 3 aromatic rings. The van der Waals surface area contributed by atoms with Gasteiger partial charge in [-0.3, -0.25) is 0 Å². The van der Waals surface area contributed by atoms with E-state index in [9.17, 15) is 4.79 Å². The van der Waals surface area contributed by atoms with Gasteiger partial charge >= 0.3 is 5.97 Å². The van der Waals surface area contributed by atoms with Gasteiger partial charge in [-0.2, -0.15) is 0 Å². The molecule has 0 saturated carbocycles. The van der Waals surface area contributed by atoms with Crippen molar-refractivity contribution in [3.8, 4) is 11.4 Å². The van der Waals surface area contributed by atoms with Crippen molar-refractivity contribution in [2.75, 3.05) is 0 Å². The summed E-state index contributed by atoms with van der Waals surface area (Å²) >= 11 is 5.81. The van der Waals surface area contributed by atoms with E-state index in [1.165, 1.54) is 12.4 Å². The van der Waals surface area contributed by atoms with Crippen LogP contribution in [0.25, 0.3) is 11.4 Å². The van der Waals surface area contributed by atoms with Crippen LogP contribution in [-0.4, -0.2) is 15.9 Å². The monoisotopic (exact) mass is 324 g/mol. The summed E-state index contributed by atoms with van der Waals surface area (Å²) in [6.45, 7) is 0.177. The number of carbonyl (C=O) groups excluding carboxylic acids is 1. The lowest BCUT2D eigenvalue weighted by Gasteiger charge is -2.05. The summed E-state index contributed by atoms with van der Waals surface area (Å²) < 4.78 is 5.24. The van der Waals surface area contributed by atoms with Crippen LogP contribution in [0, 0.1) is 0 Å². The minimum Gasteiger partial charge on any atom is -0.457 e. The average molecular weight is 325 g/mol. The fourth-order valence-corrected chi connectivity index (χ4v) is 2.11. The van der Waals surface area contributed by atoms with Crippen LogP contribution in [-0.2, 0) is 11.3 Å². The summed E-state index contributed by atoms with van der Waals surface area (Å²) in [4.78, 5) is 20.4. The van der Waals surface area contributed by atoms with Gasteiger partial charge in [-0.1, -0.05) is 54.1 Å². The van der Waals surface area contributed by atoms with E-state index in [1.54, 1.807) is 12.1 Å². The van der Waals surface area contributed by atoms with Crippen LogP contribution in [0.4, 0.5) is 0 Å². The van der Waals surface area contributed by atoms with E-state index in [4.69, 9.17) is 16.3 Å². The zero-order chi connectivity index (χ0) is 16.1. The van der Waals surface area contributed by atoms with Crippen molar-refractivity contribution in [1.29, 1.82) is 0 Å². The van der Waals surface area contributed by atoms with Gasteiger partial charge in [0.25, 0.3) is 0 Å². The molecule has 4 nitrogen and oxygen atoms in total. The van der Waals surface area contributed by atoms with E-state index in [-0.39, 0.29) is 6.61 Å². The summed E-state index contributed by atoms with van der Waals surface area (Å²) in [6, 6.07) is 16.7. The zero-order valence-corrected chi connectivity index (χ0v) is 12.9. The molecule has 0 unspecified atom stereocenters. The van der Waals surface area contributed by atoms with Gasteiger partial charge in [-0.05, 0) is 17.7 Å². The summed E-state index contributed by atoms with van der Waals surface area (Å²) in [6.07, 6.45) is 2.94. The maximum Gasteiger partial charge on any atom is 0.341 e. The standard InChI is InChI=1S/C18H13ClN2O2/c19-16-8-6-13(7-9-16)12-23-18(22)15-10-20-17(21-11-15)14-4-2-1-3-5-14/h1-11H,12H2. The van der Waals surface area contributed by atoms with Gasteiger partial charge in [-0.15, -0.1) is 0 Å². The van der Waals surface area contributed by atoms with Crippen LogP contribution >= 0.6 is 11.6 Å². The van der Waals surface area contributed by atoms with Crippen molar-refractivity contribution in [2.45, 2.75) is 6.61 Å². The first-order chi connectivity index (χ1) is 11.2. The molecule has 0 N–H and O–H groups in total. The molecule has 2 aromatic carbocycles. The molecule has 114 valence electrons. The lowest BCUT2D eigenvalue weighted by molar-refractivity contribution is 0.0472. The molecule has 23 heavy (non-hydrogen) atoms. The molecular formula is C18H13ClN2O2. The van der Waals surface area contributed by atoms with Crippen molar-refractivity contribution >= 4 is 17.6 Å². The van der Waals surface area contributed by atoms with E-state index < -0.39 is 5.97 Å². The number of rotatable bonds is 4. The number of hydrogen-bond acceptors (Lipinski definition) is 4. The molecule has 0 radical (unpaired) electrons. The second kappa shape index (κ2) is 7.03. The first kappa shape index (κ1) is 15.2. The predicted molar refractivity (Wildman–Crippen MR) is 88.0 cm³/mol. The Labute approximate surface area is 138 Å². The Balaban J connectivity index is 1.65. The molecule has 5 heteroatoms. The summed E-state index contributed by atoms with van der Waals surface area (Å²) in [5.74, 6) is 0.111. The third-order valence-corrected chi connectivity index (χ3v) is 3.45. The highest BCUT2D eigenvalue weighted by atomic mass is 35.5.